The molecule has 0 bridgehead atoms. The molecule has 2 unspecified atom stereocenters. The van der Waals surface area contributed by atoms with Crippen LogP contribution >= 0.6 is 0 Å². The molecule has 7 nitrogen and oxygen atoms in total. The van der Waals surface area contributed by atoms with Crippen molar-refractivity contribution in [3.05, 3.63) is 0 Å². The van der Waals surface area contributed by atoms with E-state index in [1.54, 1.807) is 0 Å². The second-order valence-electron chi connectivity index (χ2n) is 8.10. The fourth-order valence-electron chi connectivity index (χ4n) is 4.14. The highest BCUT2D eigenvalue weighted by molar-refractivity contribution is 5.79. The number of ether oxygens (including phenoxy) is 3. The SMILES string of the molecule is CN=C(NCC(C)CN1CCOCC1)N1CCC(OCC2CCCO2)CC1. The molecule has 3 heterocycles. The Bertz CT molecular complexity index is 443. The van der Waals surface area contributed by atoms with Crippen molar-refractivity contribution in [2.24, 2.45) is 10.9 Å². The molecule has 0 aromatic rings. The molecule has 0 spiro atoms. The Morgan fingerprint density at radius 2 is 1.93 bits per heavy atom. The first-order chi connectivity index (χ1) is 13.2. The maximum absolute atomic E-state index is 6.08. The van der Waals surface area contributed by atoms with E-state index < -0.39 is 0 Å². The van der Waals surface area contributed by atoms with E-state index in [1.807, 2.05) is 7.05 Å². The Labute approximate surface area is 164 Å². The molecule has 0 amide bonds. The van der Waals surface area contributed by atoms with E-state index in [1.165, 1.54) is 6.42 Å². The lowest BCUT2D eigenvalue weighted by Crippen LogP contribution is -2.49. The number of hydrogen-bond donors (Lipinski definition) is 1. The average Bonchev–Trinajstić information content (AvgIpc) is 3.22. The van der Waals surface area contributed by atoms with Crippen molar-refractivity contribution in [1.82, 2.24) is 15.1 Å². The summed E-state index contributed by atoms with van der Waals surface area (Å²) < 4.78 is 17.2. The van der Waals surface area contributed by atoms with E-state index in [-0.39, 0.29) is 0 Å². The van der Waals surface area contributed by atoms with Crippen LogP contribution in [0.25, 0.3) is 0 Å². The van der Waals surface area contributed by atoms with Gasteiger partial charge in [-0.15, -0.1) is 0 Å². The lowest BCUT2D eigenvalue weighted by molar-refractivity contribution is -0.0367. The highest BCUT2D eigenvalue weighted by Gasteiger charge is 2.24. The molecule has 27 heavy (non-hydrogen) atoms. The van der Waals surface area contributed by atoms with E-state index in [9.17, 15) is 0 Å². The quantitative estimate of drug-likeness (QED) is 0.527. The van der Waals surface area contributed by atoms with E-state index in [4.69, 9.17) is 14.2 Å². The summed E-state index contributed by atoms with van der Waals surface area (Å²) in [5, 5.41) is 3.58. The van der Waals surface area contributed by atoms with Crippen LogP contribution in [0.15, 0.2) is 4.99 Å². The first kappa shape index (κ1) is 20.8. The maximum atomic E-state index is 6.08. The summed E-state index contributed by atoms with van der Waals surface area (Å²) in [4.78, 5) is 9.37. The largest absolute Gasteiger partial charge is 0.379 e. The van der Waals surface area contributed by atoms with Crippen LogP contribution in [0.4, 0.5) is 0 Å². The predicted molar refractivity (Wildman–Crippen MR) is 107 cm³/mol. The number of guanidine groups is 1. The van der Waals surface area contributed by atoms with Gasteiger partial charge in [0.05, 0.1) is 32.0 Å². The van der Waals surface area contributed by atoms with Gasteiger partial charge in [-0.1, -0.05) is 6.92 Å². The van der Waals surface area contributed by atoms with Crippen LogP contribution in [0.3, 0.4) is 0 Å². The molecular formula is C20H38N4O3. The third-order valence-electron chi connectivity index (χ3n) is 5.78. The molecule has 0 aliphatic carbocycles. The van der Waals surface area contributed by atoms with Crippen molar-refractivity contribution in [1.29, 1.82) is 0 Å². The van der Waals surface area contributed by atoms with Crippen molar-refractivity contribution in [2.75, 3.05) is 72.7 Å². The molecule has 156 valence electrons. The molecule has 2 atom stereocenters. The Morgan fingerprint density at radius 1 is 1.15 bits per heavy atom. The van der Waals surface area contributed by atoms with Crippen LogP contribution in [0.1, 0.15) is 32.6 Å². The minimum absolute atomic E-state index is 0.324. The third kappa shape index (κ3) is 6.89. The van der Waals surface area contributed by atoms with Crippen LogP contribution in [-0.4, -0.2) is 101 Å². The monoisotopic (exact) mass is 382 g/mol. The van der Waals surface area contributed by atoms with Crippen LogP contribution in [0.5, 0.6) is 0 Å². The van der Waals surface area contributed by atoms with Gasteiger partial charge < -0.3 is 24.4 Å². The van der Waals surface area contributed by atoms with Crippen LogP contribution in [0, 0.1) is 5.92 Å². The van der Waals surface area contributed by atoms with Crippen LogP contribution < -0.4 is 5.32 Å². The van der Waals surface area contributed by atoms with Crippen molar-refractivity contribution in [3.63, 3.8) is 0 Å². The van der Waals surface area contributed by atoms with Crippen molar-refractivity contribution in [3.8, 4) is 0 Å². The zero-order valence-corrected chi connectivity index (χ0v) is 17.2. The highest BCUT2D eigenvalue weighted by Crippen LogP contribution is 2.18. The lowest BCUT2D eigenvalue weighted by Gasteiger charge is -2.35. The first-order valence-electron chi connectivity index (χ1n) is 10.7. The minimum Gasteiger partial charge on any atom is -0.379 e. The number of nitrogens with zero attached hydrogens (tertiary/aromatic N) is 3. The van der Waals surface area contributed by atoms with E-state index in [0.717, 1.165) is 90.9 Å². The Hall–Kier alpha value is -0.890. The fourth-order valence-corrected chi connectivity index (χ4v) is 4.14. The number of morpholine rings is 1. The maximum Gasteiger partial charge on any atom is 0.193 e. The van der Waals surface area contributed by atoms with Gasteiger partial charge in [-0.2, -0.15) is 0 Å². The van der Waals surface area contributed by atoms with E-state index >= 15 is 0 Å². The highest BCUT2D eigenvalue weighted by atomic mass is 16.5. The fraction of sp³-hybridized carbons (Fsp3) is 0.950. The summed E-state index contributed by atoms with van der Waals surface area (Å²) >= 11 is 0. The normalized spacial score (nSPS) is 27.1. The van der Waals surface area contributed by atoms with Crippen molar-refractivity contribution >= 4 is 5.96 Å². The van der Waals surface area contributed by atoms with Gasteiger partial charge in [-0.3, -0.25) is 9.89 Å². The number of rotatable bonds is 7. The third-order valence-corrected chi connectivity index (χ3v) is 5.78. The van der Waals surface area contributed by atoms with Gasteiger partial charge in [0.2, 0.25) is 0 Å². The number of likely N-dealkylation sites (tertiary alicyclic amines) is 1. The summed E-state index contributed by atoms with van der Waals surface area (Å²) in [7, 11) is 1.88. The number of nitrogens with one attached hydrogen (secondary N) is 1. The molecule has 3 rings (SSSR count). The molecule has 0 aromatic carbocycles. The van der Waals surface area contributed by atoms with Gasteiger partial charge in [0, 0.05) is 52.9 Å². The summed E-state index contributed by atoms with van der Waals surface area (Å²) in [5.74, 6) is 1.62. The van der Waals surface area contributed by atoms with Gasteiger partial charge in [-0.05, 0) is 31.6 Å². The number of aliphatic imine (C=N–C) groups is 1. The molecule has 7 heteroatoms. The molecular weight excluding hydrogens is 344 g/mol. The molecule has 0 aromatic heterocycles. The zero-order valence-electron chi connectivity index (χ0n) is 17.2. The Balaban J connectivity index is 1.32. The minimum atomic E-state index is 0.324. The molecule has 3 fully saturated rings. The summed E-state index contributed by atoms with van der Waals surface area (Å²) in [6.07, 6.45) is 5.15. The summed E-state index contributed by atoms with van der Waals surface area (Å²) in [6, 6.07) is 0. The zero-order chi connectivity index (χ0) is 18.9. The number of piperidine rings is 1. The van der Waals surface area contributed by atoms with Gasteiger partial charge >= 0.3 is 0 Å². The first-order valence-corrected chi connectivity index (χ1v) is 10.7. The van der Waals surface area contributed by atoms with Gasteiger partial charge in [-0.25, -0.2) is 0 Å². The number of hydrogen-bond acceptors (Lipinski definition) is 5. The molecule has 3 aliphatic heterocycles. The molecule has 1 N–H and O–H groups in total. The second-order valence-corrected chi connectivity index (χ2v) is 8.10. The second kappa shape index (κ2) is 11.2. The van der Waals surface area contributed by atoms with Crippen molar-refractivity contribution in [2.45, 2.75) is 44.8 Å². The Morgan fingerprint density at radius 3 is 2.59 bits per heavy atom. The van der Waals surface area contributed by atoms with Crippen LogP contribution in [-0.2, 0) is 14.2 Å². The Kier molecular flexibility index (Phi) is 8.64. The lowest BCUT2D eigenvalue weighted by atomic mass is 10.1. The molecule has 0 radical (unpaired) electrons. The summed E-state index contributed by atoms with van der Waals surface area (Å²) in [5.41, 5.74) is 0. The van der Waals surface area contributed by atoms with Gasteiger partial charge in [0.1, 0.15) is 0 Å². The predicted octanol–water partition coefficient (Wildman–Crippen LogP) is 1.19. The standard InChI is InChI=1S/C20H38N4O3/c1-17(15-23-9-12-25-13-10-23)14-22-20(21-2)24-7-5-18(6-8-24)27-16-19-4-3-11-26-19/h17-19H,3-16H2,1-2H3,(H,21,22). The average molecular weight is 383 g/mol. The van der Waals surface area contributed by atoms with Crippen molar-refractivity contribution < 1.29 is 14.2 Å². The smallest absolute Gasteiger partial charge is 0.193 e. The molecule has 0 saturated carbocycles. The van der Waals surface area contributed by atoms with Crippen LogP contribution in [0.2, 0.25) is 0 Å². The topological polar surface area (TPSA) is 58.6 Å². The molecule has 3 saturated heterocycles. The van der Waals surface area contributed by atoms with Gasteiger partial charge in [0.25, 0.3) is 0 Å². The van der Waals surface area contributed by atoms with E-state index in [0.29, 0.717) is 18.1 Å². The molecule has 3 aliphatic rings. The van der Waals surface area contributed by atoms with E-state index in [2.05, 4.69) is 27.0 Å². The summed E-state index contributed by atoms with van der Waals surface area (Å²) in [6.45, 7) is 11.9. The van der Waals surface area contributed by atoms with Gasteiger partial charge in [0.15, 0.2) is 5.96 Å².